The molecule has 4 atom stereocenters. The summed E-state index contributed by atoms with van der Waals surface area (Å²) in [5.74, 6) is -2.37. The fourth-order valence-electron chi connectivity index (χ4n) is 2.67. The standard InChI is InChI=1S/C10H15NO6/c1-9-5(3-6(16-2)17-9)7(13)11-10(9,4-12)8(14)15/h5-6,12H,3-4H2,1-2H3,(H,11,13)(H,14,15)/t5?,6?,9-,10?/m0/s1. The molecule has 17 heavy (non-hydrogen) atoms. The summed E-state index contributed by atoms with van der Waals surface area (Å²) < 4.78 is 10.5. The van der Waals surface area contributed by atoms with Gasteiger partial charge in [-0.15, -0.1) is 0 Å². The van der Waals surface area contributed by atoms with Gasteiger partial charge in [0, 0.05) is 13.5 Å². The summed E-state index contributed by atoms with van der Waals surface area (Å²) in [6.07, 6.45) is -0.338. The highest BCUT2D eigenvalue weighted by Crippen LogP contribution is 2.48. The number of ether oxygens (including phenoxy) is 2. The van der Waals surface area contributed by atoms with Crippen LogP contribution in [0.5, 0.6) is 0 Å². The molecule has 3 N–H and O–H groups in total. The molecular weight excluding hydrogens is 230 g/mol. The molecule has 2 rings (SSSR count). The molecule has 0 aromatic carbocycles. The number of rotatable bonds is 3. The first kappa shape index (κ1) is 12.3. The van der Waals surface area contributed by atoms with Gasteiger partial charge >= 0.3 is 5.97 Å². The van der Waals surface area contributed by atoms with Crippen molar-refractivity contribution in [2.75, 3.05) is 13.7 Å². The molecular formula is C10H15NO6. The Morgan fingerprint density at radius 1 is 1.71 bits per heavy atom. The summed E-state index contributed by atoms with van der Waals surface area (Å²) in [6, 6.07) is 0. The second kappa shape index (κ2) is 3.66. The molecule has 0 aromatic rings. The first-order valence-corrected chi connectivity index (χ1v) is 5.28. The molecule has 7 nitrogen and oxygen atoms in total. The monoisotopic (exact) mass is 245 g/mol. The molecule has 0 bridgehead atoms. The van der Waals surface area contributed by atoms with E-state index in [2.05, 4.69) is 5.32 Å². The van der Waals surface area contributed by atoms with E-state index >= 15 is 0 Å². The molecule has 3 unspecified atom stereocenters. The Morgan fingerprint density at radius 2 is 2.35 bits per heavy atom. The predicted octanol–water partition coefficient (Wildman–Crippen LogP) is -1.30. The Morgan fingerprint density at radius 3 is 2.82 bits per heavy atom. The van der Waals surface area contributed by atoms with Gasteiger partial charge in [0.15, 0.2) is 11.8 Å². The highest BCUT2D eigenvalue weighted by molar-refractivity contribution is 5.95. The molecule has 2 aliphatic heterocycles. The number of amides is 1. The van der Waals surface area contributed by atoms with Crippen molar-refractivity contribution in [2.45, 2.75) is 30.8 Å². The van der Waals surface area contributed by atoms with E-state index in [4.69, 9.17) is 9.47 Å². The number of hydrogen-bond donors (Lipinski definition) is 3. The van der Waals surface area contributed by atoms with Crippen molar-refractivity contribution < 1.29 is 29.3 Å². The number of aliphatic carboxylic acids is 1. The Labute approximate surface area is 97.7 Å². The summed E-state index contributed by atoms with van der Waals surface area (Å²) in [6.45, 7) is 0.788. The second-order valence-corrected chi connectivity index (χ2v) is 4.54. The first-order valence-electron chi connectivity index (χ1n) is 5.28. The molecule has 2 aliphatic rings. The average Bonchev–Trinajstić information content (AvgIpc) is 2.72. The number of nitrogens with one attached hydrogen (secondary N) is 1. The maximum atomic E-state index is 11.8. The highest BCUT2D eigenvalue weighted by atomic mass is 16.7. The third kappa shape index (κ3) is 1.33. The van der Waals surface area contributed by atoms with Crippen LogP contribution in [-0.2, 0) is 19.1 Å². The molecule has 7 heteroatoms. The number of carbonyl (C=O) groups excluding carboxylic acids is 1. The Hall–Kier alpha value is -1.18. The highest BCUT2D eigenvalue weighted by Gasteiger charge is 2.70. The molecule has 0 aromatic heterocycles. The zero-order valence-corrected chi connectivity index (χ0v) is 9.60. The number of carbonyl (C=O) groups is 2. The summed E-state index contributed by atoms with van der Waals surface area (Å²) in [7, 11) is 1.42. The average molecular weight is 245 g/mol. The van der Waals surface area contributed by atoms with Crippen molar-refractivity contribution >= 4 is 11.9 Å². The van der Waals surface area contributed by atoms with Crippen LogP contribution in [0.1, 0.15) is 13.3 Å². The quantitative estimate of drug-likeness (QED) is 0.570. The normalized spacial score (nSPS) is 44.5. The summed E-state index contributed by atoms with van der Waals surface area (Å²) in [5, 5.41) is 21.0. The fraction of sp³-hybridized carbons (Fsp3) is 0.800. The van der Waals surface area contributed by atoms with E-state index in [-0.39, 0.29) is 6.42 Å². The lowest BCUT2D eigenvalue weighted by molar-refractivity contribution is -0.191. The number of carboxylic acid groups (broad SMARTS) is 1. The molecule has 1 amide bonds. The number of carboxylic acids is 1. The lowest BCUT2D eigenvalue weighted by Crippen LogP contribution is -2.64. The van der Waals surface area contributed by atoms with Crippen molar-refractivity contribution in [3.63, 3.8) is 0 Å². The second-order valence-electron chi connectivity index (χ2n) is 4.54. The van der Waals surface area contributed by atoms with E-state index in [0.29, 0.717) is 0 Å². The van der Waals surface area contributed by atoms with E-state index in [1.165, 1.54) is 14.0 Å². The molecule has 0 spiro atoms. The Bertz CT molecular complexity index is 372. The van der Waals surface area contributed by atoms with Gasteiger partial charge in [0.1, 0.15) is 5.60 Å². The van der Waals surface area contributed by atoms with Crippen LogP contribution in [0.15, 0.2) is 0 Å². The molecule has 2 saturated heterocycles. The van der Waals surface area contributed by atoms with Gasteiger partial charge in [-0.3, -0.25) is 4.79 Å². The van der Waals surface area contributed by atoms with Gasteiger partial charge in [-0.25, -0.2) is 4.79 Å². The summed E-state index contributed by atoms with van der Waals surface area (Å²) >= 11 is 0. The van der Waals surface area contributed by atoms with Crippen molar-refractivity contribution in [1.29, 1.82) is 0 Å². The van der Waals surface area contributed by atoms with E-state index in [9.17, 15) is 19.8 Å². The van der Waals surface area contributed by atoms with Crippen LogP contribution in [0.3, 0.4) is 0 Å². The SMILES string of the molecule is COC1CC2C(=O)NC(CO)(C(=O)O)[C@@]2(C)O1. The number of hydrogen-bond acceptors (Lipinski definition) is 5. The van der Waals surface area contributed by atoms with Crippen molar-refractivity contribution in [1.82, 2.24) is 5.32 Å². The minimum absolute atomic E-state index is 0.286. The summed E-state index contributed by atoms with van der Waals surface area (Å²) in [5.41, 5.74) is -3.10. The van der Waals surface area contributed by atoms with Gasteiger partial charge in [0.05, 0.1) is 12.5 Å². The van der Waals surface area contributed by atoms with Crippen LogP contribution in [0.4, 0.5) is 0 Å². The zero-order valence-electron chi connectivity index (χ0n) is 9.60. The lowest BCUT2D eigenvalue weighted by atomic mass is 9.77. The van der Waals surface area contributed by atoms with Gasteiger partial charge in [0.25, 0.3) is 0 Å². The van der Waals surface area contributed by atoms with Gasteiger partial charge < -0.3 is 25.0 Å². The number of aliphatic hydroxyl groups is 1. The van der Waals surface area contributed by atoms with Crippen molar-refractivity contribution in [3.05, 3.63) is 0 Å². The third-order valence-corrected chi connectivity index (χ3v) is 3.84. The maximum Gasteiger partial charge on any atom is 0.334 e. The molecule has 2 fully saturated rings. The largest absolute Gasteiger partial charge is 0.479 e. The first-order chi connectivity index (χ1) is 7.91. The third-order valence-electron chi connectivity index (χ3n) is 3.84. The van der Waals surface area contributed by atoms with E-state index in [1.807, 2.05) is 0 Å². The summed E-state index contributed by atoms with van der Waals surface area (Å²) in [4.78, 5) is 23.1. The van der Waals surface area contributed by atoms with Gasteiger partial charge in [-0.2, -0.15) is 0 Å². The number of aliphatic hydroxyl groups excluding tert-OH is 1. The van der Waals surface area contributed by atoms with E-state index < -0.39 is 41.8 Å². The van der Waals surface area contributed by atoms with Crippen molar-refractivity contribution in [2.24, 2.45) is 5.92 Å². The van der Waals surface area contributed by atoms with E-state index in [0.717, 1.165) is 0 Å². The number of fused-ring (bicyclic) bond motifs is 1. The van der Waals surface area contributed by atoms with Crippen LogP contribution in [0.2, 0.25) is 0 Å². The number of methoxy groups -OCH3 is 1. The Balaban J connectivity index is 2.44. The zero-order chi connectivity index (χ0) is 12.8. The lowest BCUT2D eigenvalue weighted by Gasteiger charge is -2.36. The molecule has 0 saturated carbocycles. The predicted molar refractivity (Wildman–Crippen MR) is 54.0 cm³/mol. The molecule has 0 aliphatic carbocycles. The molecule has 0 radical (unpaired) electrons. The van der Waals surface area contributed by atoms with Crippen LogP contribution < -0.4 is 5.32 Å². The van der Waals surface area contributed by atoms with E-state index in [1.54, 1.807) is 0 Å². The minimum Gasteiger partial charge on any atom is -0.479 e. The van der Waals surface area contributed by atoms with Gasteiger partial charge in [-0.1, -0.05) is 0 Å². The van der Waals surface area contributed by atoms with Gasteiger partial charge in [-0.05, 0) is 6.92 Å². The topological polar surface area (TPSA) is 105 Å². The van der Waals surface area contributed by atoms with Crippen LogP contribution in [0.25, 0.3) is 0 Å². The van der Waals surface area contributed by atoms with Crippen LogP contribution in [0, 0.1) is 5.92 Å². The molecule has 96 valence electrons. The van der Waals surface area contributed by atoms with Crippen LogP contribution in [-0.4, -0.2) is 53.2 Å². The fourth-order valence-corrected chi connectivity index (χ4v) is 2.67. The maximum absolute atomic E-state index is 11.8. The van der Waals surface area contributed by atoms with Crippen LogP contribution >= 0.6 is 0 Å². The smallest absolute Gasteiger partial charge is 0.334 e. The minimum atomic E-state index is -1.80. The molecule has 2 heterocycles. The Kier molecular flexibility index (Phi) is 2.64. The van der Waals surface area contributed by atoms with Crippen molar-refractivity contribution in [3.8, 4) is 0 Å². The van der Waals surface area contributed by atoms with Gasteiger partial charge in [0.2, 0.25) is 5.91 Å².